The molecule has 0 atom stereocenters. The van der Waals surface area contributed by atoms with Crippen LogP contribution in [-0.2, 0) is 14.3 Å². The molecule has 0 saturated carbocycles. The summed E-state index contributed by atoms with van der Waals surface area (Å²) in [4.78, 5) is 35.7. The van der Waals surface area contributed by atoms with Crippen molar-refractivity contribution in [2.24, 2.45) is 0 Å². The Labute approximate surface area is 157 Å². The number of esters is 1. The van der Waals surface area contributed by atoms with E-state index in [1.54, 1.807) is 30.3 Å². The molecule has 142 valence electrons. The van der Waals surface area contributed by atoms with Gasteiger partial charge in [0.15, 0.2) is 6.61 Å². The number of hydrogen-bond acceptors (Lipinski definition) is 5. The minimum atomic E-state index is -0.706. The first kappa shape index (κ1) is 20.0. The van der Waals surface area contributed by atoms with Gasteiger partial charge in [-0.2, -0.15) is 0 Å². The predicted molar refractivity (Wildman–Crippen MR) is 101 cm³/mol. The summed E-state index contributed by atoms with van der Waals surface area (Å²) < 4.78 is 9.93. The normalized spacial score (nSPS) is 10.0. The fourth-order valence-electron chi connectivity index (χ4n) is 2.29. The summed E-state index contributed by atoms with van der Waals surface area (Å²) in [6.45, 7) is 3.06. The highest BCUT2D eigenvalue weighted by atomic mass is 16.5. The van der Waals surface area contributed by atoms with Gasteiger partial charge < -0.3 is 20.1 Å². The molecule has 0 aliphatic heterocycles. The first-order valence-electron chi connectivity index (χ1n) is 8.34. The Bertz CT molecular complexity index is 848. The van der Waals surface area contributed by atoms with Crippen LogP contribution in [0.15, 0.2) is 42.5 Å². The third kappa shape index (κ3) is 5.85. The Kier molecular flexibility index (Phi) is 6.93. The van der Waals surface area contributed by atoms with Gasteiger partial charge in [0, 0.05) is 11.3 Å². The van der Waals surface area contributed by atoms with Crippen molar-refractivity contribution in [3.8, 4) is 5.75 Å². The standard InChI is InChI=1S/C20H22N2O5/c1-13-6-4-9-17(14(13)2)22-18(23)12-27-19(24)11-21-20(25)15-7-5-8-16(10-15)26-3/h4-10H,11-12H2,1-3H3,(H,21,25)(H,22,23). The van der Waals surface area contributed by atoms with E-state index >= 15 is 0 Å². The van der Waals surface area contributed by atoms with E-state index in [1.807, 2.05) is 26.0 Å². The lowest BCUT2D eigenvalue weighted by Crippen LogP contribution is -2.32. The molecule has 0 heterocycles. The Hall–Kier alpha value is -3.35. The van der Waals surface area contributed by atoms with Crippen molar-refractivity contribution in [2.45, 2.75) is 13.8 Å². The molecule has 2 aromatic carbocycles. The Morgan fingerprint density at radius 2 is 1.78 bits per heavy atom. The van der Waals surface area contributed by atoms with E-state index in [0.717, 1.165) is 11.1 Å². The average Bonchev–Trinajstić information content (AvgIpc) is 2.68. The van der Waals surface area contributed by atoms with Crippen molar-refractivity contribution in [2.75, 3.05) is 25.6 Å². The molecule has 2 N–H and O–H groups in total. The minimum absolute atomic E-state index is 0.340. The van der Waals surface area contributed by atoms with E-state index in [9.17, 15) is 14.4 Å². The van der Waals surface area contributed by atoms with Crippen LogP contribution < -0.4 is 15.4 Å². The third-order valence-corrected chi connectivity index (χ3v) is 3.97. The SMILES string of the molecule is COc1cccc(C(=O)NCC(=O)OCC(=O)Nc2cccc(C)c2C)c1. The van der Waals surface area contributed by atoms with E-state index < -0.39 is 24.4 Å². The smallest absolute Gasteiger partial charge is 0.325 e. The zero-order chi connectivity index (χ0) is 19.8. The van der Waals surface area contributed by atoms with Gasteiger partial charge in [0.1, 0.15) is 12.3 Å². The second-order valence-electron chi connectivity index (χ2n) is 5.87. The van der Waals surface area contributed by atoms with Gasteiger partial charge in [-0.25, -0.2) is 0 Å². The maximum atomic E-state index is 12.0. The Morgan fingerprint density at radius 3 is 2.52 bits per heavy atom. The minimum Gasteiger partial charge on any atom is -0.497 e. The summed E-state index contributed by atoms with van der Waals surface area (Å²) in [6, 6.07) is 12.1. The highest BCUT2D eigenvalue weighted by Crippen LogP contribution is 2.17. The number of anilines is 1. The maximum absolute atomic E-state index is 12.0. The quantitative estimate of drug-likeness (QED) is 0.729. The molecule has 27 heavy (non-hydrogen) atoms. The fraction of sp³-hybridized carbons (Fsp3) is 0.250. The number of amides is 2. The van der Waals surface area contributed by atoms with Crippen LogP contribution in [0, 0.1) is 13.8 Å². The van der Waals surface area contributed by atoms with Crippen LogP contribution in [0.2, 0.25) is 0 Å². The van der Waals surface area contributed by atoms with Crippen molar-refractivity contribution in [3.63, 3.8) is 0 Å². The lowest BCUT2D eigenvalue weighted by molar-refractivity contribution is -0.146. The van der Waals surface area contributed by atoms with Crippen LogP contribution in [0.25, 0.3) is 0 Å². The van der Waals surface area contributed by atoms with Gasteiger partial charge in [0.25, 0.3) is 11.8 Å². The molecule has 0 radical (unpaired) electrons. The molecule has 0 spiro atoms. The monoisotopic (exact) mass is 370 g/mol. The van der Waals surface area contributed by atoms with Crippen LogP contribution >= 0.6 is 0 Å². The zero-order valence-electron chi connectivity index (χ0n) is 15.5. The van der Waals surface area contributed by atoms with Gasteiger partial charge in [-0.15, -0.1) is 0 Å². The Morgan fingerprint density at radius 1 is 1.04 bits per heavy atom. The zero-order valence-corrected chi connectivity index (χ0v) is 15.5. The average molecular weight is 370 g/mol. The van der Waals surface area contributed by atoms with E-state index in [2.05, 4.69) is 10.6 Å². The molecule has 2 amide bonds. The van der Waals surface area contributed by atoms with Gasteiger partial charge in [-0.05, 0) is 49.2 Å². The van der Waals surface area contributed by atoms with Crippen molar-refractivity contribution in [1.29, 1.82) is 0 Å². The van der Waals surface area contributed by atoms with Gasteiger partial charge >= 0.3 is 5.97 Å². The van der Waals surface area contributed by atoms with Crippen LogP contribution in [0.4, 0.5) is 5.69 Å². The molecule has 0 saturated heterocycles. The highest BCUT2D eigenvalue weighted by molar-refractivity contribution is 5.97. The number of carbonyl (C=O) groups is 3. The van der Waals surface area contributed by atoms with E-state index in [0.29, 0.717) is 17.0 Å². The summed E-state index contributed by atoms with van der Waals surface area (Å²) >= 11 is 0. The molecule has 0 bridgehead atoms. The van der Waals surface area contributed by atoms with Crippen LogP contribution in [0.5, 0.6) is 5.75 Å². The molecule has 0 aliphatic carbocycles. The van der Waals surface area contributed by atoms with E-state index in [1.165, 1.54) is 7.11 Å². The molecule has 7 nitrogen and oxygen atoms in total. The number of methoxy groups -OCH3 is 1. The van der Waals surface area contributed by atoms with Crippen molar-refractivity contribution < 1.29 is 23.9 Å². The van der Waals surface area contributed by atoms with Crippen molar-refractivity contribution in [1.82, 2.24) is 5.32 Å². The number of benzene rings is 2. The number of hydrogen-bond donors (Lipinski definition) is 2. The van der Waals surface area contributed by atoms with E-state index in [-0.39, 0.29) is 6.54 Å². The number of nitrogens with one attached hydrogen (secondary N) is 2. The lowest BCUT2D eigenvalue weighted by atomic mass is 10.1. The number of aryl methyl sites for hydroxylation is 1. The van der Waals surface area contributed by atoms with Gasteiger partial charge in [-0.1, -0.05) is 18.2 Å². The molecular weight excluding hydrogens is 348 g/mol. The fourth-order valence-corrected chi connectivity index (χ4v) is 2.29. The topological polar surface area (TPSA) is 93.7 Å². The molecule has 0 fully saturated rings. The second-order valence-corrected chi connectivity index (χ2v) is 5.87. The van der Waals surface area contributed by atoms with Crippen LogP contribution in [0.3, 0.4) is 0 Å². The third-order valence-electron chi connectivity index (χ3n) is 3.97. The molecule has 2 aromatic rings. The van der Waals surface area contributed by atoms with Crippen molar-refractivity contribution >= 4 is 23.5 Å². The predicted octanol–water partition coefficient (Wildman–Crippen LogP) is 2.22. The summed E-state index contributed by atoms with van der Waals surface area (Å²) in [5.41, 5.74) is 3.02. The largest absolute Gasteiger partial charge is 0.497 e. The first-order valence-corrected chi connectivity index (χ1v) is 8.34. The van der Waals surface area contributed by atoms with Crippen molar-refractivity contribution in [3.05, 3.63) is 59.2 Å². The van der Waals surface area contributed by atoms with Gasteiger partial charge in [-0.3, -0.25) is 14.4 Å². The summed E-state index contributed by atoms with van der Waals surface area (Å²) in [6.07, 6.45) is 0. The molecular formula is C20H22N2O5. The van der Waals surface area contributed by atoms with Crippen LogP contribution in [-0.4, -0.2) is 38.0 Å². The van der Waals surface area contributed by atoms with Gasteiger partial charge in [0.2, 0.25) is 0 Å². The Balaban J connectivity index is 1.77. The summed E-state index contributed by atoms with van der Waals surface area (Å²) in [5, 5.41) is 5.13. The lowest BCUT2D eigenvalue weighted by Gasteiger charge is -2.11. The van der Waals surface area contributed by atoms with Gasteiger partial charge in [0.05, 0.1) is 7.11 Å². The molecule has 7 heteroatoms. The molecule has 0 aliphatic rings. The summed E-state index contributed by atoms with van der Waals surface area (Å²) in [7, 11) is 1.50. The molecule has 0 unspecified atom stereocenters. The summed E-state index contributed by atoms with van der Waals surface area (Å²) in [5.74, 6) is -1.06. The van der Waals surface area contributed by atoms with Crippen LogP contribution in [0.1, 0.15) is 21.5 Å². The molecule has 0 aromatic heterocycles. The first-order chi connectivity index (χ1) is 12.9. The second kappa shape index (κ2) is 9.38. The highest BCUT2D eigenvalue weighted by Gasteiger charge is 2.12. The van der Waals surface area contributed by atoms with E-state index in [4.69, 9.17) is 9.47 Å². The number of rotatable bonds is 7. The maximum Gasteiger partial charge on any atom is 0.325 e. The molecule has 2 rings (SSSR count). The number of ether oxygens (including phenoxy) is 2. The number of carbonyl (C=O) groups excluding carboxylic acids is 3.